The Morgan fingerprint density at radius 3 is 2.14 bits per heavy atom. The highest BCUT2D eigenvalue weighted by molar-refractivity contribution is 5.75. The number of unbranched alkanes of at least 4 members (excludes halogenated alkanes) is 1. The van der Waals surface area contributed by atoms with E-state index in [1.807, 2.05) is 20.8 Å². The van der Waals surface area contributed by atoms with E-state index in [1.165, 1.54) is 0 Å². The lowest BCUT2D eigenvalue weighted by molar-refractivity contribution is -0.120. The van der Waals surface area contributed by atoms with Gasteiger partial charge in [-0.2, -0.15) is 0 Å². The Hall–Kier alpha value is -0.860. The number of carbonyl (C=O) groups excluding carboxylic acids is 2. The molecule has 1 N–H and O–H groups in total. The number of hydrogen-bond acceptors (Lipinski definition) is 2. The van der Waals surface area contributed by atoms with Crippen molar-refractivity contribution in [3.63, 3.8) is 0 Å². The summed E-state index contributed by atoms with van der Waals surface area (Å²) >= 11 is 0. The number of carbonyl (C=O) groups is 2. The van der Waals surface area contributed by atoms with Gasteiger partial charge in [0.2, 0.25) is 5.91 Å². The smallest absolute Gasteiger partial charge is 0.219 e. The summed E-state index contributed by atoms with van der Waals surface area (Å²) in [7, 11) is 0. The van der Waals surface area contributed by atoms with E-state index in [4.69, 9.17) is 0 Å². The van der Waals surface area contributed by atoms with Gasteiger partial charge in [-0.3, -0.25) is 4.79 Å². The maximum atomic E-state index is 10.6. The topological polar surface area (TPSA) is 46.2 Å². The predicted molar refractivity (Wildman–Crippen MR) is 59.1 cm³/mol. The molecule has 0 radical (unpaired) electrons. The molecule has 0 aliphatic rings. The number of nitrogens with one attached hydrogen (secondary N) is 1. The van der Waals surface area contributed by atoms with Crippen LogP contribution in [0.3, 0.4) is 0 Å². The van der Waals surface area contributed by atoms with Crippen molar-refractivity contribution in [2.45, 2.75) is 47.0 Å². The van der Waals surface area contributed by atoms with E-state index in [0.717, 1.165) is 25.7 Å². The first-order valence-electron chi connectivity index (χ1n) is 5.30. The number of rotatable bonds is 5. The summed E-state index contributed by atoms with van der Waals surface area (Å²) < 4.78 is 0. The summed E-state index contributed by atoms with van der Waals surface area (Å²) in [6.07, 6.45) is 3.75. The van der Waals surface area contributed by atoms with Crippen LogP contribution in [-0.4, -0.2) is 18.7 Å². The van der Waals surface area contributed by atoms with Gasteiger partial charge in [0.25, 0.3) is 0 Å². The zero-order valence-corrected chi connectivity index (χ0v) is 9.80. The average Bonchev–Trinajstić information content (AvgIpc) is 2.19. The molecule has 0 rings (SSSR count). The predicted octanol–water partition coefficient (Wildman–Crippen LogP) is 2.15. The van der Waals surface area contributed by atoms with Gasteiger partial charge in [-0.25, -0.2) is 0 Å². The quantitative estimate of drug-likeness (QED) is 0.547. The van der Waals surface area contributed by atoms with Crippen molar-refractivity contribution in [1.82, 2.24) is 5.32 Å². The van der Waals surface area contributed by atoms with Crippen LogP contribution in [0.25, 0.3) is 0 Å². The minimum Gasteiger partial charge on any atom is -0.356 e. The summed E-state index contributed by atoms with van der Waals surface area (Å²) in [5.74, 6) is 0.360. The molecule has 3 nitrogen and oxygen atoms in total. The van der Waals surface area contributed by atoms with Crippen LogP contribution in [0.5, 0.6) is 0 Å². The van der Waals surface area contributed by atoms with E-state index in [9.17, 15) is 9.59 Å². The largest absolute Gasteiger partial charge is 0.356 e. The van der Waals surface area contributed by atoms with E-state index in [1.54, 1.807) is 0 Å². The lowest BCUT2D eigenvalue weighted by Gasteiger charge is -1.99. The molecule has 0 fully saturated rings. The number of hydrogen-bond donors (Lipinski definition) is 1. The van der Waals surface area contributed by atoms with Crippen LogP contribution in [0.15, 0.2) is 0 Å². The Morgan fingerprint density at radius 1 is 1.36 bits per heavy atom. The van der Waals surface area contributed by atoms with Crippen molar-refractivity contribution in [3.8, 4) is 0 Å². The molecule has 0 unspecified atom stereocenters. The first-order chi connectivity index (χ1) is 6.58. The third kappa shape index (κ3) is 17.3. The third-order valence-corrected chi connectivity index (χ3v) is 1.45. The third-order valence-electron chi connectivity index (χ3n) is 1.45. The van der Waals surface area contributed by atoms with Crippen molar-refractivity contribution < 1.29 is 9.59 Å². The fraction of sp³-hybridized carbons (Fsp3) is 0.818. The molecule has 0 aromatic heterocycles. The molecule has 0 atom stereocenters. The minimum atomic E-state index is 0.156. The fourth-order valence-electron chi connectivity index (χ4n) is 0.530. The van der Waals surface area contributed by atoms with Crippen molar-refractivity contribution in [1.29, 1.82) is 0 Å². The number of aldehydes is 1. The van der Waals surface area contributed by atoms with E-state index >= 15 is 0 Å². The molecule has 0 aliphatic carbocycles. The lowest BCUT2D eigenvalue weighted by Crippen LogP contribution is -2.22. The second-order valence-electron chi connectivity index (χ2n) is 3.44. The Labute approximate surface area is 87.3 Å². The Bertz CT molecular complexity index is 144. The van der Waals surface area contributed by atoms with Gasteiger partial charge in [0.15, 0.2) is 0 Å². The van der Waals surface area contributed by atoms with Gasteiger partial charge < -0.3 is 10.1 Å². The highest BCUT2D eigenvalue weighted by atomic mass is 16.1. The highest BCUT2D eigenvalue weighted by Crippen LogP contribution is 1.83. The second-order valence-corrected chi connectivity index (χ2v) is 3.44. The molecule has 0 aromatic rings. The molecule has 14 heavy (non-hydrogen) atoms. The minimum absolute atomic E-state index is 0.156. The lowest BCUT2D eigenvalue weighted by atomic mass is 10.3. The van der Waals surface area contributed by atoms with Gasteiger partial charge in [0.1, 0.15) is 6.29 Å². The van der Waals surface area contributed by atoms with Crippen molar-refractivity contribution in [3.05, 3.63) is 0 Å². The molecule has 0 saturated carbocycles. The van der Waals surface area contributed by atoms with Gasteiger partial charge in [0.05, 0.1) is 0 Å². The molecule has 0 spiro atoms. The molecule has 0 heterocycles. The molecule has 84 valence electrons. The summed E-state index contributed by atoms with van der Waals surface area (Å²) in [5, 5.41) is 2.79. The summed E-state index contributed by atoms with van der Waals surface area (Å²) in [5.41, 5.74) is 0. The van der Waals surface area contributed by atoms with Crippen LogP contribution in [0.1, 0.15) is 47.0 Å². The fourth-order valence-corrected chi connectivity index (χ4v) is 0.530. The van der Waals surface area contributed by atoms with Crippen LogP contribution in [0.2, 0.25) is 0 Å². The summed E-state index contributed by atoms with van der Waals surface area (Å²) in [4.78, 5) is 20.1. The first kappa shape index (κ1) is 15.6. The Morgan fingerprint density at radius 2 is 1.86 bits per heavy atom. The molecule has 0 aromatic carbocycles. The molecule has 1 amide bonds. The maximum Gasteiger partial charge on any atom is 0.219 e. The molecular weight excluding hydrogens is 178 g/mol. The van der Waals surface area contributed by atoms with Gasteiger partial charge in [-0.15, -0.1) is 0 Å². The Balaban J connectivity index is 0. The van der Waals surface area contributed by atoms with Crippen molar-refractivity contribution >= 4 is 12.2 Å². The highest BCUT2D eigenvalue weighted by Gasteiger charge is 1.92. The van der Waals surface area contributed by atoms with Crippen LogP contribution >= 0.6 is 0 Å². The summed E-state index contributed by atoms with van der Waals surface area (Å²) in [6.45, 7) is 8.52. The molecule has 0 bridgehead atoms. The monoisotopic (exact) mass is 201 g/mol. The van der Waals surface area contributed by atoms with Crippen LogP contribution < -0.4 is 5.32 Å². The van der Waals surface area contributed by atoms with E-state index < -0.39 is 0 Å². The van der Waals surface area contributed by atoms with Crippen LogP contribution in [0.4, 0.5) is 0 Å². The van der Waals surface area contributed by atoms with Crippen molar-refractivity contribution in [2.75, 3.05) is 6.54 Å². The normalized spacial score (nSPS) is 8.93. The van der Waals surface area contributed by atoms with Gasteiger partial charge in [0, 0.05) is 18.9 Å². The first-order valence-corrected chi connectivity index (χ1v) is 5.30. The second kappa shape index (κ2) is 12.1. The maximum absolute atomic E-state index is 10.6. The van der Waals surface area contributed by atoms with E-state index in [-0.39, 0.29) is 11.8 Å². The van der Waals surface area contributed by atoms with Crippen LogP contribution in [0, 0.1) is 5.92 Å². The zero-order valence-electron chi connectivity index (χ0n) is 9.80. The molecule has 0 saturated heterocycles. The standard InChI is InChI=1S/C7H15NO.C4H8O/c1-3-5-6-8-7(9)4-2;1-4(2)3-5/h3-6H2,1-2H3,(H,8,9);3-4H,1-2H3. The Kier molecular flexibility index (Phi) is 13.5. The zero-order chi connectivity index (χ0) is 11.4. The summed E-state index contributed by atoms with van der Waals surface area (Å²) in [6, 6.07) is 0. The van der Waals surface area contributed by atoms with Crippen molar-refractivity contribution in [2.24, 2.45) is 5.92 Å². The van der Waals surface area contributed by atoms with E-state index in [2.05, 4.69) is 12.2 Å². The van der Waals surface area contributed by atoms with Gasteiger partial charge >= 0.3 is 0 Å². The average molecular weight is 201 g/mol. The van der Waals surface area contributed by atoms with Crippen LogP contribution in [-0.2, 0) is 9.59 Å². The molecular formula is C11H23NO2. The van der Waals surface area contributed by atoms with E-state index in [0.29, 0.717) is 6.42 Å². The SMILES string of the molecule is CC(C)C=O.CCCCNC(=O)CC. The number of amides is 1. The molecule has 3 heteroatoms. The molecule has 0 aliphatic heterocycles. The van der Waals surface area contributed by atoms with Gasteiger partial charge in [-0.05, 0) is 6.42 Å². The van der Waals surface area contributed by atoms with Gasteiger partial charge in [-0.1, -0.05) is 34.1 Å².